The van der Waals surface area contributed by atoms with Crippen LogP contribution in [-0.2, 0) is 9.53 Å². The number of carbonyl (C=O) groups is 1. The predicted octanol–water partition coefficient (Wildman–Crippen LogP) is 1.65. The molecule has 1 aliphatic heterocycles. The summed E-state index contributed by atoms with van der Waals surface area (Å²) >= 11 is 0. The van der Waals surface area contributed by atoms with Crippen LogP contribution in [-0.4, -0.2) is 51.2 Å². The van der Waals surface area contributed by atoms with Crippen molar-refractivity contribution in [2.45, 2.75) is 38.5 Å². The van der Waals surface area contributed by atoms with Gasteiger partial charge in [0.1, 0.15) is 0 Å². The third-order valence-corrected chi connectivity index (χ3v) is 3.66. The monoisotopic (exact) mass is 256 g/mol. The van der Waals surface area contributed by atoms with Crippen LogP contribution < -0.4 is 5.32 Å². The Balaban J connectivity index is 1.97. The van der Waals surface area contributed by atoms with Crippen molar-refractivity contribution in [2.75, 3.05) is 40.4 Å². The molecule has 0 bridgehead atoms. The summed E-state index contributed by atoms with van der Waals surface area (Å²) < 4.78 is 4.99. The Bertz CT molecular complexity index is 226. The van der Waals surface area contributed by atoms with E-state index in [1.165, 1.54) is 0 Å². The van der Waals surface area contributed by atoms with Crippen LogP contribution in [0.25, 0.3) is 0 Å². The second-order valence-electron chi connectivity index (χ2n) is 5.35. The van der Waals surface area contributed by atoms with Gasteiger partial charge in [-0.2, -0.15) is 0 Å². The summed E-state index contributed by atoms with van der Waals surface area (Å²) in [4.78, 5) is 14.1. The number of amides is 1. The normalized spacial score (nSPS) is 17.9. The lowest BCUT2D eigenvalue weighted by Gasteiger charge is -2.28. The maximum atomic E-state index is 11.7. The highest BCUT2D eigenvalue weighted by Crippen LogP contribution is 2.19. The van der Waals surface area contributed by atoms with Gasteiger partial charge in [-0.1, -0.05) is 0 Å². The average Bonchev–Trinajstić information content (AvgIpc) is 2.36. The largest absolute Gasteiger partial charge is 0.385 e. The minimum Gasteiger partial charge on any atom is -0.385 e. The number of methoxy groups -OCH3 is 1. The number of hydrogen-bond donors (Lipinski definition) is 1. The van der Waals surface area contributed by atoms with Crippen molar-refractivity contribution in [3.8, 4) is 0 Å². The van der Waals surface area contributed by atoms with E-state index in [2.05, 4.69) is 17.3 Å². The molecule has 1 fully saturated rings. The van der Waals surface area contributed by atoms with Crippen LogP contribution in [0.1, 0.15) is 38.5 Å². The van der Waals surface area contributed by atoms with Gasteiger partial charge in [-0.15, -0.1) is 0 Å². The van der Waals surface area contributed by atoms with Crippen LogP contribution in [0.2, 0.25) is 0 Å². The van der Waals surface area contributed by atoms with Crippen molar-refractivity contribution in [3.05, 3.63) is 0 Å². The quantitative estimate of drug-likeness (QED) is 0.671. The highest BCUT2D eigenvalue weighted by atomic mass is 16.5. The molecule has 0 aromatic rings. The summed E-state index contributed by atoms with van der Waals surface area (Å²) in [6.45, 7) is 3.91. The maximum Gasteiger partial charge on any atom is 0.220 e. The fraction of sp³-hybridized carbons (Fsp3) is 0.929. The molecule has 18 heavy (non-hydrogen) atoms. The van der Waals surface area contributed by atoms with Gasteiger partial charge >= 0.3 is 0 Å². The fourth-order valence-electron chi connectivity index (χ4n) is 2.38. The van der Waals surface area contributed by atoms with Crippen molar-refractivity contribution in [1.29, 1.82) is 0 Å². The zero-order valence-corrected chi connectivity index (χ0v) is 11.9. The first-order chi connectivity index (χ1) is 8.72. The molecule has 4 heteroatoms. The number of carbonyl (C=O) groups excluding carboxylic acids is 1. The molecule has 0 aromatic heterocycles. The van der Waals surface area contributed by atoms with E-state index in [1.807, 2.05) is 0 Å². The van der Waals surface area contributed by atoms with Crippen molar-refractivity contribution in [3.63, 3.8) is 0 Å². The maximum absolute atomic E-state index is 11.7. The second kappa shape index (κ2) is 9.34. The molecule has 1 aliphatic rings. The summed E-state index contributed by atoms with van der Waals surface area (Å²) in [6.07, 6.45) is 6.31. The van der Waals surface area contributed by atoms with Crippen LogP contribution in [0.5, 0.6) is 0 Å². The third kappa shape index (κ3) is 6.97. The number of nitrogens with one attached hydrogen (secondary N) is 1. The van der Waals surface area contributed by atoms with E-state index in [0.717, 1.165) is 58.3 Å². The minimum atomic E-state index is 0.233. The van der Waals surface area contributed by atoms with Gasteiger partial charge in [0.25, 0.3) is 0 Å². The topological polar surface area (TPSA) is 41.6 Å². The second-order valence-corrected chi connectivity index (χ2v) is 5.35. The first-order valence-corrected chi connectivity index (χ1v) is 7.16. The van der Waals surface area contributed by atoms with Crippen LogP contribution >= 0.6 is 0 Å². The molecule has 0 radical (unpaired) electrons. The number of nitrogens with zero attached hydrogens (tertiary/aromatic N) is 1. The van der Waals surface area contributed by atoms with E-state index in [-0.39, 0.29) is 5.91 Å². The SMILES string of the molecule is COCCCCCNC(=O)CC1CCN(C)CC1. The van der Waals surface area contributed by atoms with Crippen LogP contribution in [0, 0.1) is 5.92 Å². The van der Waals surface area contributed by atoms with E-state index in [1.54, 1.807) is 7.11 Å². The Hall–Kier alpha value is -0.610. The highest BCUT2D eigenvalue weighted by molar-refractivity contribution is 5.76. The summed E-state index contributed by atoms with van der Waals surface area (Å²) in [5.41, 5.74) is 0. The Labute approximate surface area is 111 Å². The van der Waals surface area contributed by atoms with Gasteiger partial charge in [0.15, 0.2) is 0 Å². The van der Waals surface area contributed by atoms with Crippen LogP contribution in [0.4, 0.5) is 0 Å². The van der Waals surface area contributed by atoms with Gasteiger partial charge in [-0.05, 0) is 58.2 Å². The van der Waals surface area contributed by atoms with Gasteiger partial charge < -0.3 is 15.0 Å². The third-order valence-electron chi connectivity index (χ3n) is 3.66. The minimum absolute atomic E-state index is 0.233. The fourth-order valence-corrected chi connectivity index (χ4v) is 2.38. The first-order valence-electron chi connectivity index (χ1n) is 7.16. The average molecular weight is 256 g/mol. The van der Waals surface area contributed by atoms with E-state index in [4.69, 9.17) is 4.74 Å². The molecule has 0 aromatic carbocycles. The Morgan fingerprint density at radius 1 is 1.28 bits per heavy atom. The van der Waals surface area contributed by atoms with Crippen molar-refractivity contribution in [1.82, 2.24) is 10.2 Å². The lowest BCUT2D eigenvalue weighted by molar-refractivity contribution is -0.122. The van der Waals surface area contributed by atoms with Crippen LogP contribution in [0.3, 0.4) is 0 Å². The summed E-state index contributed by atoms with van der Waals surface area (Å²) in [5, 5.41) is 3.02. The molecule has 4 nitrogen and oxygen atoms in total. The molecule has 0 unspecified atom stereocenters. The molecule has 1 heterocycles. The number of rotatable bonds is 8. The molecule has 1 saturated heterocycles. The lowest BCUT2D eigenvalue weighted by atomic mass is 9.93. The summed E-state index contributed by atoms with van der Waals surface area (Å²) in [5.74, 6) is 0.825. The zero-order chi connectivity index (χ0) is 13.2. The molecular formula is C14H28N2O2. The number of unbranched alkanes of at least 4 members (excludes halogenated alkanes) is 2. The van der Waals surface area contributed by atoms with Gasteiger partial charge in [0.05, 0.1) is 0 Å². The van der Waals surface area contributed by atoms with E-state index >= 15 is 0 Å². The van der Waals surface area contributed by atoms with E-state index < -0.39 is 0 Å². The smallest absolute Gasteiger partial charge is 0.220 e. The zero-order valence-electron chi connectivity index (χ0n) is 11.9. The van der Waals surface area contributed by atoms with Crippen molar-refractivity contribution < 1.29 is 9.53 Å². The molecule has 1 rings (SSSR count). The number of piperidine rings is 1. The van der Waals surface area contributed by atoms with Gasteiger partial charge in [0.2, 0.25) is 5.91 Å². The summed E-state index contributed by atoms with van der Waals surface area (Å²) in [6, 6.07) is 0. The molecule has 106 valence electrons. The van der Waals surface area contributed by atoms with E-state index in [0.29, 0.717) is 12.3 Å². The van der Waals surface area contributed by atoms with Gasteiger partial charge in [0, 0.05) is 26.7 Å². The number of likely N-dealkylation sites (tertiary alicyclic amines) is 1. The number of ether oxygens (including phenoxy) is 1. The van der Waals surface area contributed by atoms with E-state index in [9.17, 15) is 4.79 Å². The van der Waals surface area contributed by atoms with Gasteiger partial charge in [-0.3, -0.25) is 4.79 Å². The first kappa shape index (κ1) is 15.4. The molecule has 0 aliphatic carbocycles. The van der Waals surface area contributed by atoms with Crippen molar-refractivity contribution >= 4 is 5.91 Å². The molecular weight excluding hydrogens is 228 g/mol. The lowest BCUT2D eigenvalue weighted by Crippen LogP contribution is -2.33. The number of hydrogen-bond acceptors (Lipinski definition) is 3. The molecule has 0 saturated carbocycles. The van der Waals surface area contributed by atoms with Crippen LogP contribution in [0.15, 0.2) is 0 Å². The van der Waals surface area contributed by atoms with Gasteiger partial charge in [-0.25, -0.2) is 0 Å². The Kier molecular flexibility index (Phi) is 8.01. The molecule has 1 amide bonds. The predicted molar refractivity (Wildman–Crippen MR) is 73.6 cm³/mol. The van der Waals surface area contributed by atoms with Crippen molar-refractivity contribution in [2.24, 2.45) is 5.92 Å². The summed E-state index contributed by atoms with van der Waals surface area (Å²) in [7, 11) is 3.87. The molecule has 0 spiro atoms. The Morgan fingerprint density at radius 2 is 2.00 bits per heavy atom. The molecule has 0 atom stereocenters. The standard InChI is InChI=1S/C14H28N2O2/c1-16-9-6-13(7-10-16)12-14(17)15-8-4-3-5-11-18-2/h13H,3-12H2,1-2H3,(H,15,17). The molecule has 1 N–H and O–H groups in total. The highest BCUT2D eigenvalue weighted by Gasteiger charge is 2.18. The Morgan fingerprint density at radius 3 is 2.67 bits per heavy atom.